The van der Waals surface area contributed by atoms with Gasteiger partial charge in [-0.15, -0.1) is 0 Å². The number of esters is 1. The first-order valence-electron chi connectivity index (χ1n) is 6.10. The largest absolute Gasteiger partial charge is 0.469 e. The van der Waals surface area contributed by atoms with Crippen molar-refractivity contribution in [2.45, 2.75) is 33.6 Å². The zero-order chi connectivity index (χ0) is 13.7. The van der Waals surface area contributed by atoms with E-state index >= 15 is 0 Å². The van der Waals surface area contributed by atoms with Crippen LogP contribution in [0, 0.1) is 19.8 Å². The molecule has 0 saturated heterocycles. The number of benzene rings is 1. The molecule has 3 nitrogen and oxygen atoms in total. The topological polar surface area (TPSA) is 43.4 Å². The average Bonchev–Trinajstić information content (AvgIpc) is 2.27. The van der Waals surface area contributed by atoms with Crippen LogP contribution in [0.25, 0.3) is 0 Å². The van der Waals surface area contributed by atoms with Gasteiger partial charge in [0.15, 0.2) is 5.78 Å². The Labute approximate surface area is 108 Å². The molecule has 0 fully saturated rings. The average molecular weight is 248 g/mol. The van der Waals surface area contributed by atoms with Crippen molar-refractivity contribution in [2.24, 2.45) is 5.92 Å². The quantitative estimate of drug-likeness (QED) is 0.594. The Morgan fingerprint density at radius 1 is 1.11 bits per heavy atom. The maximum Gasteiger partial charge on any atom is 0.305 e. The van der Waals surface area contributed by atoms with Crippen LogP contribution in [-0.4, -0.2) is 18.9 Å². The third kappa shape index (κ3) is 4.32. The molecule has 0 heterocycles. The van der Waals surface area contributed by atoms with Gasteiger partial charge in [0, 0.05) is 18.4 Å². The number of ether oxygens (including phenoxy) is 1. The highest BCUT2D eigenvalue weighted by molar-refractivity contribution is 5.96. The summed E-state index contributed by atoms with van der Waals surface area (Å²) in [5.41, 5.74) is 2.89. The van der Waals surface area contributed by atoms with Crippen LogP contribution in [0.2, 0.25) is 0 Å². The number of ketones is 1. The minimum atomic E-state index is -0.268. The Balaban J connectivity index is 2.67. The smallest absolute Gasteiger partial charge is 0.305 e. The minimum Gasteiger partial charge on any atom is -0.469 e. The zero-order valence-corrected chi connectivity index (χ0v) is 11.4. The molecule has 1 rings (SSSR count). The number of aryl methyl sites for hydroxylation is 2. The highest BCUT2D eigenvalue weighted by atomic mass is 16.5. The zero-order valence-electron chi connectivity index (χ0n) is 11.4. The molecule has 0 aliphatic heterocycles. The number of methoxy groups -OCH3 is 1. The summed E-state index contributed by atoms with van der Waals surface area (Å²) in [5, 5.41) is 0. The van der Waals surface area contributed by atoms with Gasteiger partial charge in [-0.1, -0.05) is 24.1 Å². The van der Waals surface area contributed by atoms with Crippen molar-refractivity contribution in [2.75, 3.05) is 7.11 Å². The Kier molecular flexibility index (Phi) is 5.08. The van der Waals surface area contributed by atoms with Gasteiger partial charge in [-0.25, -0.2) is 0 Å². The van der Waals surface area contributed by atoms with E-state index in [1.54, 1.807) is 0 Å². The summed E-state index contributed by atoms with van der Waals surface area (Å²) in [4.78, 5) is 23.2. The van der Waals surface area contributed by atoms with E-state index in [0.717, 1.165) is 16.7 Å². The maximum atomic E-state index is 12.1. The van der Waals surface area contributed by atoms with E-state index in [2.05, 4.69) is 4.74 Å². The lowest BCUT2D eigenvalue weighted by atomic mass is 9.95. The molecule has 1 aromatic rings. The lowest BCUT2D eigenvalue weighted by molar-refractivity contribution is -0.141. The molecule has 98 valence electrons. The van der Waals surface area contributed by atoms with Crippen molar-refractivity contribution in [1.82, 2.24) is 0 Å². The van der Waals surface area contributed by atoms with Gasteiger partial charge in [-0.3, -0.25) is 9.59 Å². The van der Waals surface area contributed by atoms with E-state index in [0.29, 0.717) is 6.42 Å². The first-order chi connectivity index (χ1) is 8.42. The molecular formula is C15H20O3. The van der Waals surface area contributed by atoms with Crippen molar-refractivity contribution in [3.63, 3.8) is 0 Å². The Bertz CT molecular complexity index is 429. The molecule has 0 aliphatic carbocycles. The van der Waals surface area contributed by atoms with Crippen molar-refractivity contribution in [1.29, 1.82) is 0 Å². The predicted octanol–water partition coefficient (Wildman–Crippen LogP) is 3.08. The van der Waals surface area contributed by atoms with Crippen LogP contribution < -0.4 is 0 Å². The third-order valence-electron chi connectivity index (χ3n) is 2.82. The minimum absolute atomic E-state index is 0.00534. The molecule has 0 aliphatic rings. The van der Waals surface area contributed by atoms with Crippen LogP contribution in [0.1, 0.15) is 41.3 Å². The highest BCUT2D eigenvalue weighted by Crippen LogP contribution is 2.16. The fourth-order valence-electron chi connectivity index (χ4n) is 2.01. The summed E-state index contributed by atoms with van der Waals surface area (Å²) in [6.45, 7) is 5.83. The third-order valence-corrected chi connectivity index (χ3v) is 2.82. The van der Waals surface area contributed by atoms with Crippen LogP contribution >= 0.6 is 0 Å². The fraction of sp³-hybridized carbons (Fsp3) is 0.467. The molecule has 0 saturated carbocycles. The van der Waals surface area contributed by atoms with Gasteiger partial charge in [-0.2, -0.15) is 0 Å². The van der Waals surface area contributed by atoms with Gasteiger partial charge >= 0.3 is 5.97 Å². The number of carbonyl (C=O) groups excluding carboxylic acids is 2. The second-order valence-corrected chi connectivity index (χ2v) is 4.89. The molecule has 0 spiro atoms. The first kappa shape index (κ1) is 14.4. The Hall–Kier alpha value is -1.64. The lowest BCUT2D eigenvalue weighted by Gasteiger charge is -2.10. The highest BCUT2D eigenvalue weighted by Gasteiger charge is 2.15. The Morgan fingerprint density at radius 3 is 2.17 bits per heavy atom. The molecular weight excluding hydrogens is 228 g/mol. The van der Waals surface area contributed by atoms with Gasteiger partial charge in [0.1, 0.15) is 0 Å². The number of hydrogen-bond donors (Lipinski definition) is 0. The van der Waals surface area contributed by atoms with E-state index in [1.807, 2.05) is 39.0 Å². The van der Waals surface area contributed by atoms with Crippen LogP contribution in [0.15, 0.2) is 18.2 Å². The normalized spacial score (nSPS) is 12.0. The predicted molar refractivity (Wildman–Crippen MR) is 70.7 cm³/mol. The molecule has 1 unspecified atom stereocenters. The summed E-state index contributed by atoms with van der Waals surface area (Å²) in [5.74, 6) is -0.181. The molecule has 1 aromatic carbocycles. The molecule has 0 N–H and O–H groups in total. The SMILES string of the molecule is COC(=O)CC(C)CC(=O)c1cc(C)cc(C)c1. The summed E-state index contributed by atoms with van der Waals surface area (Å²) in [7, 11) is 1.36. The van der Waals surface area contributed by atoms with Crippen LogP contribution in [-0.2, 0) is 9.53 Å². The van der Waals surface area contributed by atoms with Gasteiger partial charge in [0.05, 0.1) is 7.11 Å². The number of rotatable bonds is 5. The second-order valence-electron chi connectivity index (χ2n) is 4.89. The number of Topliss-reactive ketones (excluding diaryl/α,β-unsaturated/α-hetero) is 1. The fourth-order valence-corrected chi connectivity index (χ4v) is 2.01. The van der Waals surface area contributed by atoms with Crippen molar-refractivity contribution in [3.05, 3.63) is 34.9 Å². The van der Waals surface area contributed by atoms with Crippen LogP contribution in [0.4, 0.5) is 0 Å². The summed E-state index contributed by atoms with van der Waals surface area (Å²) in [6.07, 6.45) is 0.658. The standard InChI is InChI=1S/C15H20O3/c1-10-5-11(2)7-13(6-10)14(16)8-12(3)9-15(17)18-4/h5-7,12H,8-9H2,1-4H3. The molecule has 0 bridgehead atoms. The molecule has 0 amide bonds. The van der Waals surface area contributed by atoms with Crippen LogP contribution in [0.3, 0.4) is 0 Å². The van der Waals surface area contributed by atoms with Gasteiger partial charge in [0.2, 0.25) is 0 Å². The van der Waals surface area contributed by atoms with E-state index < -0.39 is 0 Å². The first-order valence-corrected chi connectivity index (χ1v) is 6.10. The monoisotopic (exact) mass is 248 g/mol. The van der Waals surface area contributed by atoms with Gasteiger partial charge < -0.3 is 4.74 Å². The van der Waals surface area contributed by atoms with Gasteiger partial charge in [-0.05, 0) is 31.9 Å². The van der Waals surface area contributed by atoms with Crippen molar-refractivity contribution in [3.8, 4) is 0 Å². The Morgan fingerprint density at radius 2 is 1.67 bits per heavy atom. The second kappa shape index (κ2) is 6.34. The molecule has 3 heteroatoms. The summed E-state index contributed by atoms with van der Waals surface area (Å²) < 4.78 is 4.60. The van der Waals surface area contributed by atoms with E-state index in [-0.39, 0.29) is 24.1 Å². The van der Waals surface area contributed by atoms with E-state index in [9.17, 15) is 9.59 Å². The van der Waals surface area contributed by atoms with E-state index in [1.165, 1.54) is 7.11 Å². The summed E-state index contributed by atoms with van der Waals surface area (Å²) >= 11 is 0. The lowest BCUT2D eigenvalue weighted by Crippen LogP contribution is -2.12. The summed E-state index contributed by atoms with van der Waals surface area (Å²) in [6, 6.07) is 5.81. The van der Waals surface area contributed by atoms with E-state index in [4.69, 9.17) is 0 Å². The van der Waals surface area contributed by atoms with Gasteiger partial charge in [0.25, 0.3) is 0 Å². The number of hydrogen-bond acceptors (Lipinski definition) is 3. The molecule has 1 atom stereocenters. The maximum absolute atomic E-state index is 12.1. The van der Waals surface area contributed by atoms with Crippen molar-refractivity contribution < 1.29 is 14.3 Å². The number of carbonyl (C=O) groups is 2. The molecule has 0 radical (unpaired) electrons. The van der Waals surface area contributed by atoms with Crippen molar-refractivity contribution >= 4 is 11.8 Å². The molecule has 18 heavy (non-hydrogen) atoms. The van der Waals surface area contributed by atoms with Crippen LogP contribution in [0.5, 0.6) is 0 Å². The molecule has 0 aromatic heterocycles.